The summed E-state index contributed by atoms with van der Waals surface area (Å²) in [5.41, 5.74) is 4.10. The van der Waals surface area contributed by atoms with Gasteiger partial charge in [-0.05, 0) is 49.8 Å². The number of hydrogen-bond donors (Lipinski definition) is 1. The molecule has 17 heavy (non-hydrogen) atoms. The molecule has 3 heteroatoms. The van der Waals surface area contributed by atoms with Crippen LogP contribution in [0.3, 0.4) is 0 Å². The molecule has 2 aliphatic rings. The molecule has 0 bridgehead atoms. The van der Waals surface area contributed by atoms with Crippen LogP contribution in [-0.2, 0) is 17.6 Å². The number of hydrogen-bond acceptors (Lipinski definition) is 3. The van der Waals surface area contributed by atoms with Crippen molar-refractivity contribution in [3.05, 3.63) is 29.3 Å². The molecule has 0 spiro atoms. The highest BCUT2D eigenvalue weighted by molar-refractivity contribution is 5.91. The maximum atomic E-state index is 5.50. The Morgan fingerprint density at radius 2 is 2.18 bits per heavy atom. The molecule has 0 fully saturated rings. The SMILES string of the molecule is C[C@@H]1COC(Nc2cccc3c2CCCC3)=N1. The van der Waals surface area contributed by atoms with Crippen molar-refractivity contribution < 1.29 is 4.74 Å². The van der Waals surface area contributed by atoms with E-state index < -0.39 is 0 Å². The molecule has 3 rings (SSSR count). The van der Waals surface area contributed by atoms with Crippen molar-refractivity contribution in [1.29, 1.82) is 0 Å². The summed E-state index contributed by atoms with van der Waals surface area (Å²) in [6.45, 7) is 2.76. The monoisotopic (exact) mass is 230 g/mol. The number of ether oxygens (including phenoxy) is 1. The lowest BCUT2D eigenvalue weighted by atomic mass is 9.90. The molecule has 1 aromatic rings. The van der Waals surface area contributed by atoms with E-state index in [2.05, 4.69) is 35.4 Å². The molecule has 1 aliphatic carbocycles. The number of nitrogens with one attached hydrogen (secondary N) is 1. The average Bonchev–Trinajstić information content (AvgIpc) is 2.75. The molecule has 0 radical (unpaired) electrons. The van der Waals surface area contributed by atoms with Crippen LogP contribution in [0.15, 0.2) is 23.2 Å². The Morgan fingerprint density at radius 1 is 1.29 bits per heavy atom. The number of benzene rings is 1. The highest BCUT2D eigenvalue weighted by Gasteiger charge is 2.17. The van der Waals surface area contributed by atoms with Crippen LogP contribution >= 0.6 is 0 Å². The quantitative estimate of drug-likeness (QED) is 0.804. The first-order valence-electron chi connectivity index (χ1n) is 6.41. The molecule has 1 atom stereocenters. The summed E-state index contributed by atoms with van der Waals surface area (Å²) in [6, 6.07) is 7.43. The molecule has 1 heterocycles. The lowest BCUT2D eigenvalue weighted by molar-refractivity contribution is 0.322. The van der Waals surface area contributed by atoms with Crippen LogP contribution in [0.4, 0.5) is 5.69 Å². The van der Waals surface area contributed by atoms with E-state index in [9.17, 15) is 0 Å². The van der Waals surface area contributed by atoms with Gasteiger partial charge in [-0.15, -0.1) is 0 Å². The zero-order valence-electron chi connectivity index (χ0n) is 10.2. The van der Waals surface area contributed by atoms with Gasteiger partial charge >= 0.3 is 0 Å². The summed E-state index contributed by atoms with van der Waals surface area (Å²) in [4.78, 5) is 4.42. The van der Waals surface area contributed by atoms with E-state index in [-0.39, 0.29) is 6.04 Å². The van der Waals surface area contributed by atoms with Gasteiger partial charge in [0.1, 0.15) is 6.61 Å². The molecule has 0 saturated carbocycles. The van der Waals surface area contributed by atoms with Gasteiger partial charge in [0.15, 0.2) is 0 Å². The van der Waals surface area contributed by atoms with Crippen molar-refractivity contribution in [2.75, 3.05) is 11.9 Å². The van der Waals surface area contributed by atoms with Crippen molar-refractivity contribution in [2.45, 2.75) is 38.6 Å². The smallest absolute Gasteiger partial charge is 0.289 e. The standard InChI is InChI=1S/C14H18N2O/c1-10-9-17-14(15-10)16-13-8-4-6-11-5-2-3-7-12(11)13/h4,6,8,10H,2-3,5,7,9H2,1H3,(H,15,16)/t10-/m1/s1. The fourth-order valence-corrected chi connectivity index (χ4v) is 2.56. The maximum Gasteiger partial charge on any atom is 0.289 e. The van der Waals surface area contributed by atoms with E-state index in [1.165, 1.54) is 42.5 Å². The van der Waals surface area contributed by atoms with Gasteiger partial charge in [0.2, 0.25) is 0 Å². The van der Waals surface area contributed by atoms with E-state index in [1.54, 1.807) is 0 Å². The van der Waals surface area contributed by atoms with Crippen molar-refractivity contribution in [1.82, 2.24) is 0 Å². The molecule has 3 nitrogen and oxygen atoms in total. The third kappa shape index (κ3) is 2.14. The highest BCUT2D eigenvalue weighted by atomic mass is 16.5. The second-order valence-electron chi connectivity index (χ2n) is 4.87. The largest absolute Gasteiger partial charge is 0.463 e. The van der Waals surface area contributed by atoms with Crippen LogP contribution in [0, 0.1) is 0 Å². The van der Waals surface area contributed by atoms with E-state index in [4.69, 9.17) is 4.74 Å². The number of aliphatic imine (C=N–C) groups is 1. The first-order valence-corrected chi connectivity index (χ1v) is 6.41. The molecule has 0 amide bonds. The van der Waals surface area contributed by atoms with Crippen LogP contribution in [0.5, 0.6) is 0 Å². The Balaban J connectivity index is 1.85. The number of anilines is 1. The van der Waals surface area contributed by atoms with Crippen molar-refractivity contribution in [2.24, 2.45) is 4.99 Å². The summed E-state index contributed by atoms with van der Waals surface area (Å²) >= 11 is 0. The zero-order valence-corrected chi connectivity index (χ0v) is 10.2. The number of nitrogens with zero attached hydrogens (tertiary/aromatic N) is 1. The van der Waals surface area contributed by atoms with Gasteiger partial charge < -0.3 is 10.1 Å². The third-order valence-corrected chi connectivity index (χ3v) is 3.44. The predicted octanol–water partition coefficient (Wildman–Crippen LogP) is 2.75. The molecule has 0 aromatic heterocycles. The second kappa shape index (κ2) is 4.40. The lowest BCUT2D eigenvalue weighted by Crippen LogP contribution is -2.15. The van der Waals surface area contributed by atoms with E-state index in [0.717, 1.165) is 0 Å². The first kappa shape index (κ1) is 10.6. The van der Waals surface area contributed by atoms with Gasteiger partial charge in [-0.3, -0.25) is 0 Å². The number of fused-ring (bicyclic) bond motifs is 1. The summed E-state index contributed by atoms with van der Waals surface area (Å²) in [6.07, 6.45) is 4.97. The number of aryl methyl sites for hydroxylation is 1. The van der Waals surface area contributed by atoms with Crippen molar-refractivity contribution in [3.63, 3.8) is 0 Å². The zero-order chi connectivity index (χ0) is 11.7. The van der Waals surface area contributed by atoms with Gasteiger partial charge in [-0.2, -0.15) is 0 Å². The van der Waals surface area contributed by atoms with Gasteiger partial charge in [0, 0.05) is 5.69 Å². The predicted molar refractivity (Wildman–Crippen MR) is 69.6 cm³/mol. The molecule has 90 valence electrons. The molecular weight excluding hydrogens is 212 g/mol. The fourth-order valence-electron chi connectivity index (χ4n) is 2.56. The normalized spacial score (nSPS) is 22.6. The molecular formula is C14H18N2O. The van der Waals surface area contributed by atoms with Crippen LogP contribution in [-0.4, -0.2) is 18.7 Å². The van der Waals surface area contributed by atoms with Crippen LogP contribution in [0.1, 0.15) is 30.9 Å². The summed E-state index contributed by atoms with van der Waals surface area (Å²) in [5, 5.41) is 3.33. The Kier molecular flexibility index (Phi) is 2.75. The van der Waals surface area contributed by atoms with Crippen LogP contribution in [0.25, 0.3) is 0 Å². The first-order chi connectivity index (χ1) is 8.33. The molecule has 0 unspecified atom stereocenters. The second-order valence-corrected chi connectivity index (χ2v) is 4.87. The average molecular weight is 230 g/mol. The Morgan fingerprint density at radius 3 is 3.00 bits per heavy atom. The minimum atomic E-state index is 0.275. The molecule has 0 saturated heterocycles. The van der Waals surface area contributed by atoms with E-state index in [1.807, 2.05) is 0 Å². The number of amidine groups is 1. The topological polar surface area (TPSA) is 33.6 Å². The van der Waals surface area contributed by atoms with Gasteiger partial charge in [-0.25, -0.2) is 4.99 Å². The minimum Gasteiger partial charge on any atom is -0.463 e. The van der Waals surface area contributed by atoms with Crippen LogP contribution < -0.4 is 5.32 Å². The molecule has 1 N–H and O–H groups in total. The van der Waals surface area contributed by atoms with E-state index >= 15 is 0 Å². The van der Waals surface area contributed by atoms with Gasteiger partial charge in [0.05, 0.1) is 6.04 Å². The molecule has 1 aromatic carbocycles. The maximum absolute atomic E-state index is 5.50. The fraction of sp³-hybridized carbons (Fsp3) is 0.500. The van der Waals surface area contributed by atoms with E-state index in [0.29, 0.717) is 12.6 Å². The van der Waals surface area contributed by atoms with Gasteiger partial charge in [-0.1, -0.05) is 12.1 Å². The minimum absolute atomic E-state index is 0.275. The van der Waals surface area contributed by atoms with Crippen molar-refractivity contribution in [3.8, 4) is 0 Å². The summed E-state index contributed by atoms with van der Waals surface area (Å²) < 4.78 is 5.50. The summed E-state index contributed by atoms with van der Waals surface area (Å²) in [5.74, 6) is 0. The Hall–Kier alpha value is -1.51. The number of rotatable bonds is 1. The third-order valence-electron chi connectivity index (χ3n) is 3.44. The van der Waals surface area contributed by atoms with Crippen LogP contribution in [0.2, 0.25) is 0 Å². The summed E-state index contributed by atoms with van der Waals surface area (Å²) in [7, 11) is 0. The lowest BCUT2D eigenvalue weighted by Gasteiger charge is -2.19. The Labute approximate surface area is 102 Å². The van der Waals surface area contributed by atoms with Gasteiger partial charge in [0.25, 0.3) is 6.02 Å². The molecule has 1 aliphatic heterocycles. The Bertz CT molecular complexity index is 454. The highest BCUT2D eigenvalue weighted by Crippen LogP contribution is 2.28. The van der Waals surface area contributed by atoms with Crippen molar-refractivity contribution >= 4 is 11.7 Å².